The number of hydrogen-bond acceptors (Lipinski definition) is 6. The predicted octanol–water partition coefficient (Wildman–Crippen LogP) is 3.50. The lowest BCUT2D eigenvalue weighted by Gasteiger charge is -2.23. The second-order valence-corrected chi connectivity index (χ2v) is 7.45. The summed E-state index contributed by atoms with van der Waals surface area (Å²) >= 11 is 0. The van der Waals surface area contributed by atoms with Crippen LogP contribution >= 0.6 is 0 Å². The van der Waals surface area contributed by atoms with Gasteiger partial charge in [-0.05, 0) is 44.5 Å². The molecule has 32 heavy (non-hydrogen) atoms. The number of rotatable bonds is 9. The lowest BCUT2D eigenvalue weighted by Crippen LogP contribution is -2.36. The Kier molecular flexibility index (Phi) is 7.26. The maximum Gasteiger partial charge on any atom is 0.259 e. The van der Waals surface area contributed by atoms with Gasteiger partial charge in [-0.25, -0.2) is 9.37 Å². The van der Waals surface area contributed by atoms with Gasteiger partial charge in [-0.2, -0.15) is 5.10 Å². The molecule has 0 saturated carbocycles. The van der Waals surface area contributed by atoms with E-state index in [0.717, 1.165) is 12.8 Å². The summed E-state index contributed by atoms with van der Waals surface area (Å²) < 4.78 is 21.4. The van der Waals surface area contributed by atoms with Crippen molar-refractivity contribution in [1.82, 2.24) is 19.7 Å². The lowest BCUT2D eigenvalue weighted by molar-refractivity contribution is 0.102. The summed E-state index contributed by atoms with van der Waals surface area (Å²) in [7, 11) is 1.62. The number of hydrogen-bond donors (Lipinski definition) is 3. The highest BCUT2D eigenvalue weighted by Crippen LogP contribution is 2.21. The number of carbonyl (C=O) groups excluding carboxylic acids is 1. The number of benzene rings is 1. The van der Waals surface area contributed by atoms with Crippen LogP contribution in [0.15, 0.2) is 36.5 Å². The maximum atomic E-state index is 14.6. The molecule has 0 bridgehead atoms. The van der Waals surface area contributed by atoms with Gasteiger partial charge in [0.15, 0.2) is 5.84 Å². The number of anilines is 1. The number of carbonyl (C=O) groups is 1. The molecule has 0 spiro atoms. The van der Waals surface area contributed by atoms with E-state index < -0.39 is 11.7 Å². The van der Waals surface area contributed by atoms with E-state index in [0.29, 0.717) is 24.1 Å². The third kappa shape index (κ3) is 4.97. The molecule has 1 aromatic carbocycles. The van der Waals surface area contributed by atoms with Crippen LogP contribution < -0.4 is 5.32 Å². The maximum absolute atomic E-state index is 14.6. The molecule has 2 heterocycles. The molecule has 2 aromatic heterocycles. The van der Waals surface area contributed by atoms with Crippen molar-refractivity contribution in [3.63, 3.8) is 0 Å². The van der Waals surface area contributed by atoms with Crippen LogP contribution in [0.2, 0.25) is 0 Å². The number of nitrogens with one attached hydrogen (secondary N) is 3. The van der Waals surface area contributed by atoms with Crippen molar-refractivity contribution in [3.05, 3.63) is 53.6 Å². The van der Waals surface area contributed by atoms with E-state index in [9.17, 15) is 9.18 Å². The van der Waals surface area contributed by atoms with E-state index in [-0.39, 0.29) is 29.0 Å². The third-order valence-corrected chi connectivity index (χ3v) is 4.88. The molecule has 1 amide bonds. The van der Waals surface area contributed by atoms with Crippen molar-refractivity contribution in [1.29, 1.82) is 10.8 Å². The van der Waals surface area contributed by atoms with Crippen molar-refractivity contribution in [2.24, 2.45) is 0 Å². The normalized spacial score (nSPS) is 11.0. The molecule has 0 saturated heterocycles. The summed E-state index contributed by atoms with van der Waals surface area (Å²) in [5.41, 5.74) is 0.804. The molecular weight excluding hydrogens is 413 g/mol. The lowest BCUT2D eigenvalue weighted by atomic mass is 10.1. The number of amides is 1. The highest BCUT2D eigenvalue weighted by Gasteiger charge is 2.18. The zero-order chi connectivity index (χ0) is 23.3. The number of aryl methyl sites for hydroxylation is 1. The predicted molar refractivity (Wildman–Crippen MR) is 121 cm³/mol. The van der Waals surface area contributed by atoms with Gasteiger partial charge in [-0.15, -0.1) is 0 Å². The average molecular weight is 439 g/mol. The number of nitrogens with zero attached hydrogens (tertiary/aromatic N) is 4. The number of fused-ring (bicyclic) bond motifs is 1. The summed E-state index contributed by atoms with van der Waals surface area (Å²) in [5, 5.41) is 23.2. The van der Waals surface area contributed by atoms with Gasteiger partial charge in [0.05, 0.1) is 23.6 Å². The van der Waals surface area contributed by atoms with Gasteiger partial charge in [0.1, 0.15) is 17.3 Å². The Hall–Kier alpha value is -3.66. The molecule has 0 aliphatic rings. The topological polar surface area (TPSA) is 120 Å². The third-order valence-electron chi connectivity index (χ3n) is 4.88. The zero-order valence-electron chi connectivity index (χ0n) is 18.2. The molecule has 3 aromatic rings. The highest BCUT2D eigenvalue weighted by molar-refractivity contribution is 6.06. The highest BCUT2D eigenvalue weighted by atomic mass is 19.1. The van der Waals surface area contributed by atoms with Crippen LogP contribution in [0.4, 0.5) is 10.2 Å². The van der Waals surface area contributed by atoms with Gasteiger partial charge < -0.3 is 15.0 Å². The molecule has 0 fully saturated rings. The summed E-state index contributed by atoms with van der Waals surface area (Å²) in [6.07, 6.45) is 3.35. The first-order valence-electron chi connectivity index (χ1n) is 10.2. The Bertz CT molecular complexity index is 1140. The molecule has 3 rings (SSSR count). The molecule has 9 nitrogen and oxygen atoms in total. The Morgan fingerprint density at radius 1 is 1.38 bits per heavy atom. The van der Waals surface area contributed by atoms with Gasteiger partial charge in [0.2, 0.25) is 0 Å². The van der Waals surface area contributed by atoms with Crippen LogP contribution in [-0.4, -0.2) is 57.5 Å². The molecule has 0 aliphatic carbocycles. The fraction of sp³-hybridized carbons (Fsp3) is 0.318. The number of aromatic nitrogens is 3. The van der Waals surface area contributed by atoms with Crippen LogP contribution in [0.25, 0.3) is 10.9 Å². The molecule has 0 radical (unpaired) electrons. The van der Waals surface area contributed by atoms with E-state index in [1.807, 2.05) is 13.8 Å². The first kappa shape index (κ1) is 23.0. The van der Waals surface area contributed by atoms with E-state index in [2.05, 4.69) is 15.4 Å². The zero-order valence-corrected chi connectivity index (χ0v) is 18.2. The van der Waals surface area contributed by atoms with Crippen molar-refractivity contribution < 1.29 is 13.9 Å². The van der Waals surface area contributed by atoms with Gasteiger partial charge in [-0.1, -0.05) is 6.07 Å². The van der Waals surface area contributed by atoms with Gasteiger partial charge in [-0.3, -0.25) is 20.3 Å². The summed E-state index contributed by atoms with van der Waals surface area (Å²) in [6, 6.07) is 7.47. The molecule has 168 valence electrons. The molecule has 3 N–H and O–H groups in total. The number of pyridine rings is 1. The van der Waals surface area contributed by atoms with Crippen molar-refractivity contribution in [2.75, 3.05) is 19.0 Å². The SMILES string of the molecule is COCCCn1ncc2cc(F)c(C(=O)Nc3cccc(C(=N)N(C=N)C(C)C)n3)cc21. The average Bonchev–Trinajstić information content (AvgIpc) is 3.15. The molecule has 10 heteroatoms. The smallest absolute Gasteiger partial charge is 0.259 e. The number of amidine groups is 1. The van der Waals surface area contributed by atoms with Crippen LogP contribution in [0, 0.1) is 16.6 Å². The fourth-order valence-electron chi connectivity index (χ4n) is 3.23. The molecular formula is C22H26FN7O2. The Balaban J connectivity index is 1.84. The van der Waals surface area contributed by atoms with Crippen molar-refractivity contribution in [3.8, 4) is 0 Å². The number of ether oxygens (including phenoxy) is 1. The molecule has 0 aliphatic heterocycles. The van der Waals surface area contributed by atoms with E-state index in [4.69, 9.17) is 15.6 Å². The van der Waals surface area contributed by atoms with Gasteiger partial charge in [0.25, 0.3) is 5.91 Å². The monoisotopic (exact) mass is 439 g/mol. The van der Waals surface area contributed by atoms with Gasteiger partial charge in [0, 0.05) is 31.7 Å². The fourth-order valence-corrected chi connectivity index (χ4v) is 3.23. The van der Waals surface area contributed by atoms with Crippen LogP contribution in [0.1, 0.15) is 36.3 Å². The van der Waals surface area contributed by atoms with Crippen LogP contribution in [0.5, 0.6) is 0 Å². The number of methoxy groups -OCH3 is 1. The van der Waals surface area contributed by atoms with Gasteiger partial charge >= 0.3 is 0 Å². The summed E-state index contributed by atoms with van der Waals surface area (Å²) in [5.74, 6) is -1.11. The van der Waals surface area contributed by atoms with Crippen molar-refractivity contribution >= 4 is 34.8 Å². The van der Waals surface area contributed by atoms with Crippen LogP contribution in [0.3, 0.4) is 0 Å². The molecule has 0 atom stereocenters. The Labute approximate surface area is 185 Å². The second kappa shape index (κ2) is 10.1. The first-order chi connectivity index (χ1) is 15.3. The minimum absolute atomic E-state index is 0.0265. The molecule has 0 unspecified atom stereocenters. The minimum Gasteiger partial charge on any atom is -0.385 e. The quantitative estimate of drug-likeness (QED) is 0.268. The van der Waals surface area contributed by atoms with E-state index >= 15 is 0 Å². The Morgan fingerprint density at radius 3 is 2.84 bits per heavy atom. The van der Waals surface area contributed by atoms with E-state index in [1.165, 1.54) is 17.0 Å². The summed E-state index contributed by atoms with van der Waals surface area (Å²) in [6.45, 7) is 4.85. The van der Waals surface area contributed by atoms with Crippen LogP contribution in [-0.2, 0) is 11.3 Å². The standard InChI is InChI=1S/C22H26FN7O2/c1-14(2)29(13-24)21(25)18-6-4-7-20(27-18)28-22(31)16-11-19-15(10-17(16)23)12-26-30(19)8-5-9-32-3/h4,6-7,10-14,24-25H,5,8-9H2,1-3H3,(H,27,28,31). The summed E-state index contributed by atoms with van der Waals surface area (Å²) in [4.78, 5) is 18.5. The van der Waals surface area contributed by atoms with Crippen molar-refractivity contribution in [2.45, 2.75) is 32.9 Å². The number of halogens is 1. The minimum atomic E-state index is -0.662. The largest absolute Gasteiger partial charge is 0.385 e. The second-order valence-electron chi connectivity index (χ2n) is 7.45. The first-order valence-corrected chi connectivity index (χ1v) is 10.2. The van der Waals surface area contributed by atoms with E-state index in [1.54, 1.807) is 36.2 Å². The Morgan fingerprint density at radius 2 is 2.16 bits per heavy atom.